The molecule has 0 fully saturated rings. The third-order valence-electron chi connectivity index (χ3n) is 2.76. The van der Waals surface area contributed by atoms with Gasteiger partial charge >= 0.3 is 0 Å². The molecule has 2 unspecified atom stereocenters. The van der Waals surface area contributed by atoms with Crippen LogP contribution in [-0.4, -0.2) is 20.6 Å². The van der Waals surface area contributed by atoms with Crippen LogP contribution in [0.25, 0.3) is 0 Å². The van der Waals surface area contributed by atoms with Crippen molar-refractivity contribution in [2.45, 2.75) is 38.0 Å². The molecule has 0 heterocycles. The second-order valence-corrected chi connectivity index (χ2v) is 9.13. The third-order valence-corrected chi connectivity index (χ3v) is 7.72. The van der Waals surface area contributed by atoms with Gasteiger partial charge in [-0.05, 0) is 0 Å². The van der Waals surface area contributed by atoms with E-state index in [4.69, 9.17) is 0 Å². The summed E-state index contributed by atoms with van der Waals surface area (Å²) < 4.78 is 0. The maximum Gasteiger partial charge on any atom is 0.120 e. The molecule has 0 radical (unpaired) electrons. The monoisotopic (exact) mass is 172 g/mol. The van der Waals surface area contributed by atoms with E-state index in [0.29, 0.717) is 0 Å². The molecular weight excluding hydrogens is 156 g/mol. The minimum Gasteiger partial charge on any atom is -0.303 e. The lowest BCUT2D eigenvalue weighted by atomic mass is 10.5. The largest absolute Gasteiger partial charge is 0.303 e. The van der Waals surface area contributed by atoms with E-state index in [1.165, 1.54) is 0 Å². The van der Waals surface area contributed by atoms with Crippen LogP contribution >= 0.6 is 0 Å². The average Bonchev–Trinajstić information content (AvgIpc) is 2.01. The lowest BCUT2D eigenvalue weighted by Crippen LogP contribution is -2.37. The smallest absolute Gasteiger partial charge is 0.120 e. The zero-order valence-electron chi connectivity index (χ0n) is 7.63. The van der Waals surface area contributed by atoms with Crippen molar-refractivity contribution in [1.82, 2.24) is 0 Å². The van der Waals surface area contributed by atoms with Crippen LogP contribution in [0.5, 0.6) is 0 Å². The molecule has 0 aromatic carbocycles. The lowest BCUT2D eigenvalue weighted by molar-refractivity contribution is -0.107. The van der Waals surface area contributed by atoms with Gasteiger partial charge in [-0.3, -0.25) is 0 Å². The Morgan fingerprint density at radius 2 is 1.27 bits per heavy atom. The highest BCUT2D eigenvalue weighted by atomic mass is 28.3. The van der Waals surface area contributed by atoms with Crippen molar-refractivity contribution in [3.63, 3.8) is 0 Å². The summed E-state index contributed by atoms with van der Waals surface area (Å²) in [6.45, 7) is 7.95. The van der Waals surface area contributed by atoms with Crippen LogP contribution in [0, 0.1) is 0 Å². The van der Waals surface area contributed by atoms with Crippen molar-refractivity contribution >= 4 is 20.6 Å². The number of hydrogen-bond donors (Lipinski definition) is 0. The molecule has 0 aliphatic heterocycles. The predicted octanol–water partition coefficient (Wildman–Crippen LogP) is 1.87. The van der Waals surface area contributed by atoms with Gasteiger partial charge in [-0.25, -0.2) is 0 Å². The van der Waals surface area contributed by atoms with E-state index >= 15 is 0 Å². The van der Waals surface area contributed by atoms with E-state index in [9.17, 15) is 9.59 Å². The topological polar surface area (TPSA) is 34.1 Å². The molecule has 0 N–H and O–H groups in total. The van der Waals surface area contributed by atoms with Crippen LogP contribution in [0.3, 0.4) is 0 Å². The van der Waals surface area contributed by atoms with Crippen molar-refractivity contribution < 1.29 is 9.59 Å². The molecule has 0 aromatic heterocycles. The van der Waals surface area contributed by atoms with Gasteiger partial charge in [0.05, 0.1) is 8.07 Å². The number of carbonyl (C=O) groups excluding carboxylic acids is 2. The van der Waals surface area contributed by atoms with Gasteiger partial charge in [-0.15, -0.1) is 0 Å². The fraction of sp³-hybridized carbons (Fsp3) is 0.750. The molecule has 0 saturated heterocycles. The quantitative estimate of drug-likeness (QED) is 0.479. The summed E-state index contributed by atoms with van der Waals surface area (Å²) in [4.78, 5) is 21.0. The van der Waals surface area contributed by atoms with Gasteiger partial charge in [0.2, 0.25) is 0 Å². The molecule has 11 heavy (non-hydrogen) atoms. The van der Waals surface area contributed by atoms with Crippen LogP contribution in [0.1, 0.15) is 13.8 Å². The molecule has 0 aliphatic rings. The van der Waals surface area contributed by atoms with Crippen LogP contribution in [0.2, 0.25) is 24.2 Å². The van der Waals surface area contributed by atoms with Crippen molar-refractivity contribution in [3.05, 3.63) is 0 Å². The number of aldehydes is 2. The SMILES string of the molecule is CC(C=O)[Si](C)(C)C(C)C=O. The Morgan fingerprint density at radius 3 is 1.45 bits per heavy atom. The molecular formula is C8H16O2Si. The Labute approximate surface area is 69.0 Å². The normalized spacial score (nSPS) is 17.1. The summed E-state index contributed by atoms with van der Waals surface area (Å²) in [5.41, 5.74) is 0.144. The van der Waals surface area contributed by atoms with Crippen LogP contribution in [0.4, 0.5) is 0 Å². The van der Waals surface area contributed by atoms with Crippen molar-refractivity contribution in [2.24, 2.45) is 0 Å². The molecule has 0 rings (SSSR count). The van der Waals surface area contributed by atoms with Gasteiger partial charge in [0.25, 0.3) is 0 Å². The summed E-state index contributed by atoms with van der Waals surface area (Å²) >= 11 is 0. The maximum absolute atomic E-state index is 10.5. The second-order valence-electron chi connectivity index (χ2n) is 3.67. The number of rotatable bonds is 4. The Balaban J connectivity index is 4.41. The zero-order chi connectivity index (χ0) is 9.07. The fourth-order valence-electron chi connectivity index (χ4n) is 0.765. The van der Waals surface area contributed by atoms with Crippen molar-refractivity contribution in [1.29, 1.82) is 0 Å². The lowest BCUT2D eigenvalue weighted by Gasteiger charge is -2.28. The van der Waals surface area contributed by atoms with Crippen molar-refractivity contribution in [2.75, 3.05) is 0 Å². The zero-order valence-corrected chi connectivity index (χ0v) is 8.63. The summed E-state index contributed by atoms with van der Waals surface area (Å²) in [7, 11) is -1.65. The first-order chi connectivity index (χ1) is 4.96. The average molecular weight is 172 g/mol. The van der Waals surface area contributed by atoms with E-state index in [1.54, 1.807) is 0 Å². The number of carbonyl (C=O) groups is 2. The van der Waals surface area contributed by atoms with Gasteiger partial charge in [-0.1, -0.05) is 26.9 Å². The third kappa shape index (κ3) is 2.26. The fourth-order valence-corrected chi connectivity index (χ4v) is 2.30. The molecule has 3 heteroatoms. The van der Waals surface area contributed by atoms with Gasteiger partial charge in [0.1, 0.15) is 12.6 Å². The molecule has 0 aromatic rings. The van der Waals surface area contributed by atoms with Gasteiger partial charge < -0.3 is 9.59 Å². The first-order valence-corrected chi connectivity index (χ1v) is 7.02. The molecule has 0 saturated carbocycles. The minimum atomic E-state index is -1.65. The van der Waals surface area contributed by atoms with E-state index in [2.05, 4.69) is 13.1 Å². The molecule has 0 spiro atoms. The molecule has 0 bridgehead atoms. The van der Waals surface area contributed by atoms with Crippen molar-refractivity contribution in [3.8, 4) is 0 Å². The predicted molar refractivity (Wildman–Crippen MR) is 48.5 cm³/mol. The summed E-state index contributed by atoms with van der Waals surface area (Å²) in [6.07, 6.45) is 1.93. The summed E-state index contributed by atoms with van der Waals surface area (Å²) in [5.74, 6) is 0. The van der Waals surface area contributed by atoms with Gasteiger partial charge in [-0.2, -0.15) is 0 Å². The van der Waals surface area contributed by atoms with Crippen LogP contribution < -0.4 is 0 Å². The second kappa shape index (κ2) is 3.81. The minimum absolute atomic E-state index is 0.0719. The molecule has 0 amide bonds. The summed E-state index contributed by atoms with van der Waals surface area (Å²) in [6, 6.07) is 0. The Morgan fingerprint density at radius 1 is 1.00 bits per heavy atom. The highest BCUT2D eigenvalue weighted by molar-refractivity contribution is 6.84. The highest BCUT2D eigenvalue weighted by Gasteiger charge is 2.33. The summed E-state index contributed by atoms with van der Waals surface area (Å²) in [5, 5.41) is 0. The standard InChI is InChI=1S/C8H16O2Si/c1-7(5-9)11(3,4)8(2)6-10/h5-8H,1-4H3. The Kier molecular flexibility index (Phi) is 3.65. The van der Waals surface area contributed by atoms with E-state index in [0.717, 1.165) is 12.6 Å². The molecule has 64 valence electrons. The van der Waals surface area contributed by atoms with Crippen LogP contribution in [-0.2, 0) is 9.59 Å². The van der Waals surface area contributed by atoms with Crippen LogP contribution in [0.15, 0.2) is 0 Å². The molecule has 0 aliphatic carbocycles. The van der Waals surface area contributed by atoms with E-state index in [-0.39, 0.29) is 11.1 Å². The maximum atomic E-state index is 10.5. The number of hydrogen-bond acceptors (Lipinski definition) is 2. The van der Waals surface area contributed by atoms with Gasteiger partial charge in [0, 0.05) is 11.1 Å². The highest BCUT2D eigenvalue weighted by Crippen LogP contribution is 2.29. The molecule has 2 atom stereocenters. The van der Waals surface area contributed by atoms with Gasteiger partial charge in [0.15, 0.2) is 0 Å². The first-order valence-electron chi connectivity index (χ1n) is 3.87. The van der Waals surface area contributed by atoms with E-state index in [1.807, 2.05) is 13.8 Å². The Bertz CT molecular complexity index is 138. The Hall–Kier alpha value is -0.443. The first kappa shape index (κ1) is 10.6. The molecule has 2 nitrogen and oxygen atoms in total. The van der Waals surface area contributed by atoms with E-state index < -0.39 is 8.07 Å².